The summed E-state index contributed by atoms with van der Waals surface area (Å²) in [6.45, 7) is 13.2. The Bertz CT molecular complexity index is 2350. The molecule has 0 saturated carbocycles. The second kappa shape index (κ2) is 22.0. The van der Waals surface area contributed by atoms with Crippen molar-refractivity contribution in [3.8, 4) is 11.1 Å². The molecule has 62 heavy (non-hydrogen) atoms. The first-order valence-corrected chi connectivity index (χ1v) is 21.8. The number of hydrogen-bond acceptors (Lipinski definition) is 9. The zero-order chi connectivity index (χ0) is 45.2. The maximum Gasteiger partial charge on any atom is 0.240 e. The summed E-state index contributed by atoms with van der Waals surface area (Å²) in [5, 5.41) is 20.3. The quantitative estimate of drug-likeness (QED) is 0.0571. The van der Waals surface area contributed by atoms with Gasteiger partial charge in [-0.15, -0.1) is 0 Å². The predicted octanol–water partition coefficient (Wildman–Crippen LogP) is 7.21. The molecule has 0 bridgehead atoms. The minimum atomic E-state index is -0.0681. The predicted molar refractivity (Wildman–Crippen MR) is 253 cm³/mol. The number of aryl methyl sites for hydroxylation is 3. The minimum absolute atomic E-state index is 0.0202. The molecule has 334 valence electrons. The Kier molecular flexibility index (Phi) is 17.2. The Morgan fingerprint density at radius 2 is 1.73 bits per heavy atom. The van der Waals surface area contributed by atoms with Crippen molar-refractivity contribution in [2.45, 2.75) is 53.1 Å². The van der Waals surface area contributed by atoms with Crippen LogP contribution in [0.5, 0.6) is 0 Å². The number of halogens is 2. The van der Waals surface area contributed by atoms with Crippen LogP contribution in [0.4, 0.5) is 11.4 Å². The van der Waals surface area contributed by atoms with E-state index >= 15 is 0 Å². The van der Waals surface area contributed by atoms with Crippen LogP contribution in [-0.2, 0) is 28.4 Å². The van der Waals surface area contributed by atoms with Crippen molar-refractivity contribution in [3.63, 3.8) is 0 Å². The molecule has 0 spiro atoms. The number of amides is 2. The van der Waals surface area contributed by atoms with Crippen LogP contribution in [0.1, 0.15) is 66.0 Å². The van der Waals surface area contributed by atoms with E-state index < -0.39 is 0 Å². The molecular weight excluding hydrogens is 827 g/mol. The maximum absolute atomic E-state index is 13.9. The minimum Gasteiger partial charge on any atom is -0.400 e. The molecule has 4 aromatic rings. The van der Waals surface area contributed by atoms with Crippen molar-refractivity contribution in [3.05, 3.63) is 85.8 Å². The van der Waals surface area contributed by atoms with Crippen LogP contribution in [-0.4, -0.2) is 128 Å². The van der Waals surface area contributed by atoms with Crippen LogP contribution in [0.15, 0.2) is 52.7 Å². The number of rotatable bonds is 17. The number of aliphatic hydroxyl groups is 1. The third-order valence-corrected chi connectivity index (χ3v) is 12.7. The normalized spacial score (nSPS) is 16.2. The topological polar surface area (TPSA) is 137 Å². The smallest absolute Gasteiger partial charge is 0.240 e. The Balaban J connectivity index is 0.00000358. The van der Waals surface area contributed by atoms with E-state index in [1.807, 2.05) is 81.5 Å². The number of carbonyl (C=O) groups excluding carboxylic acids is 3. The summed E-state index contributed by atoms with van der Waals surface area (Å²) in [5.41, 5.74) is 11.4. The summed E-state index contributed by atoms with van der Waals surface area (Å²) in [5.74, 6) is -0.0202. The fourth-order valence-corrected chi connectivity index (χ4v) is 8.78. The van der Waals surface area contributed by atoms with E-state index in [2.05, 4.69) is 39.6 Å². The monoisotopic (exact) mass is 888 g/mol. The fraction of sp³-hybridized carbons (Fsp3) is 0.447. The lowest BCUT2D eigenvalue weighted by Gasteiger charge is -2.32. The van der Waals surface area contributed by atoms with Gasteiger partial charge in [0.15, 0.2) is 6.29 Å². The molecule has 3 N–H and O–H groups in total. The van der Waals surface area contributed by atoms with Gasteiger partial charge in [-0.1, -0.05) is 40.9 Å². The van der Waals surface area contributed by atoms with Crippen molar-refractivity contribution in [2.24, 2.45) is 14.1 Å². The van der Waals surface area contributed by atoms with E-state index in [1.165, 1.54) is 0 Å². The van der Waals surface area contributed by atoms with Gasteiger partial charge in [0.2, 0.25) is 12.3 Å². The molecular formula is C47H62Cl2N8O5. The van der Waals surface area contributed by atoms with Crippen molar-refractivity contribution < 1.29 is 24.2 Å². The molecule has 2 aromatic heterocycles. The highest BCUT2D eigenvalue weighted by atomic mass is 35.5. The maximum atomic E-state index is 13.9. The van der Waals surface area contributed by atoms with Gasteiger partial charge < -0.3 is 34.8 Å². The zero-order valence-corrected chi connectivity index (χ0v) is 39.1. The van der Waals surface area contributed by atoms with E-state index in [-0.39, 0.29) is 12.0 Å². The number of nitrogens with zero attached hydrogens (tertiary/aromatic N) is 6. The number of nitrogens with one attached hydrogen (secondary N) is 2. The number of anilines is 2. The average Bonchev–Trinajstić information content (AvgIpc) is 3.72. The SMILES string of the molecule is CC1=CC(OCCC/C(=C\c2cc(N(C)C(=O)CN3CCN(C)CC3)cc3c(C=O)cn(C)c23)c2ccc(Cl)c(-c3c(C)nn(C)c3C)c2NCCNC=O)CC(C)=C1Cl.CO. The van der Waals surface area contributed by atoms with Crippen LogP contribution in [0, 0.1) is 13.8 Å². The van der Waals surface area contributed by atoms with Gasteiger partial charge in [0.05, 0.1) is 34.6 Å². The highest BCUT2D eigenvalue weighted by molar-refractivity contribution is 6.34. The van der Waals surface area contributed by atoms with Gasteiger partial charge in [0.25, 0.3) is 0 Å². The molecule has 6 rings (SSSR count). The van der Waals surface area contributed by atoms with Gasteiger partial charge in [-0.05, 0) is 89.4 Å². The largest absolute Gasteiger partial charge is 0.400 e. The van der Waals surface area contributed by atoms with Gasteiger partial charge in [-0.2, -0.15) is 5.10 Å². The summed E-state index contributed by atoms with van der Waals surface area (Å²) in [4.78, 5) is 43.8. The van der Waals surface area contributed by atoms with Crippen molar-refractivity contribution in [1.82, 2.24) is 29.5 Å². The van der Waals surface area contributed by atoms with Gasteiger partial charge >= 0.3 is 0 Å². The lowest BCUT2D eigenvalue weighted by Crippen LogP contribution is -2.48. The molecule has 2 amide bonds. The number of carbonyl (C=O) groups is 3. The van der Waals surface area contributed by atoms with Gasteiger partial charge in [0, 0.05) is 130 Å². The first-order chi connectivity index (χ1) is 29.7. The van der Waals surface area contributed by atoms with Crippen LogP contribution in [0.25, 0.3) is 33.7 Å². The third-order valence-electron chi connectivity index (χ3n) is 11.8. The van der Waals surface area contributed by atoms with Crippen molar-refractivity contribution in [2.75, 3.05) is 83.8 Å². The van der Waals surface area contributed by atoms with Crippen molar-refractivity contribution >= 4 is 75.7 Å². The number of likely N-dealkylation sites (N-methyl/N-ethyl adjacent to an activating group) is 2. The molecule has 1 atom stereocenters. The summed E-state index contributed by atoms with van der Waals surface area (Å²) in [6.07, 6.45) is 9.64. The third kappa shape index (κ3) is 11.1. The van der Waals surface area contributed by atoms with Crippen LogP contribution in [0.3, 0.4) is 0 Å². The second-order valence-electron chi connectivity index (χ2n) is 16.1. The summed E-state index contributed by atoms with van der Waals surface area (Å²) in [7, 11) is 8.76. The molecule has 13 nitrogen and oxygen atoms in total. The highest BCUT2D eigenvalue weighted by Crippen LogP contribution is 2.44. The molecule has 2 aromatic carbocycles. The van der Waals surface area contributed by atoms with E-state index in [0.29, 0.717) is 61.8 Å². The average molecular weight is 890 g/mol. The Morgan fingerprint density at radius 3 is 2.37 bits per heavy atom. The number of benzene rings is 2. The van der Waals surface area contributed by atoms with Gasteiger partial charge in [0.1, 0.15) is 0 Å². The first kappa shape index (κ1) is 48.3. The molecule has 1 unspecified atom stereocenters. The number of piperazine rings is 1. The first-order valence-electron chi connectivity index (χ1n) is 21.0. The summed E-state index contributed by atoms with van der Waals surface area (Å²) in [6, 6.07) is 7.94. The molecule has 3 heterocycles. The molecule has 0 radical (unpaired) electrons. The number of aldehydes is 1. The number of fused-ring (bicyclic) bond motifs is 1. The van der Waals surface area contributed by atoms with E-state index in [0.717, 1.165) is 118 Å². The Hall–Kier alpha value is -4.76. The van der Waals surface area contributed by atoms with Gasteiger partial charge in [-0.25, -0.2) is 0 Å². The van der Waals surface area contributed by atoms with Crippen molar-refractivity contribution in [1.29, 1.82) is 0 Å². The molecule has 2 aliphatic rings. The molecule has 15 heteroatoms. The molecule has 1 saturated heterocycles. The molecule has 1 aliphatic heterocycles. The zero-order valence-electron chi connectivity index (χ0n) is 37.6. The number of ether oxygens (including phenoxy) is 1. The van der Waals surface area contributed by atoms with E-state index in [9.17, 15) is 14.4 Å². The lowest BCUT2D eigenvalue weighted by atomic mass is 9.91. The van der Waals surface area contributed by atoms with E-state index in [1.54, 1.807) is 11.9 Å². The number of allylic oxidation sites excluding steroid dienone is 3. The van der Waals surface area contributed by atoms with Gasteiger partial charge in [-0.3, -0.25) is 24.0 Å². The molecule has 1 aliphatic carbocycles. The van der Waals surface area contributed by atoms with Crippen LogP contribution < -0.4 is 15.5 Å². The number of hydrogen-bond donors (Lipinski definition) is 3. The standard InChI is InChI=1S/C46H58Cl2N8O4.CH4O/c1-29-20-37(21-30(2)44(29)48)60-19-9-10-33(38-11-12-40(47)43(45(38)50-14-13-49-28-58)42-31(3)51-55(8)32(42)4)22-34-23-36(24-39-35(27-57)25-53(6)46(34)39)54(7)41(59)26-56-17-15-52(5)16-18-56;1-2/h11-12,20,22-25,27-28,37,50H,9-10,13-19,21,26H2,1-8H3,(H,49,58);2H,1H3/b33-22+;. The Morgan fingerprint density at radius 1 is 1.00 bits per heavy atom. The highest BCUT2D eigenvalue weighted by Gasteiger charge is 2.25. The number of aromatic nitrogens is 3. The summed E-state index contributed by atoms with van der Waals surface area (Å²) >= 11 is 13.6. The van der Waals surface area contributed by atoms with E-state index in [4.69, 9.17) is 38.1 Å². The van der Waals surface area contributed by atoms with Crippen LogP contribution >= 0.6 is 23.2 Å². The van der Waals surface area contributed by atoms with Crippen LogP contribution in [0.2, 0.25) is 5.02 Å². The fourth-order valence-electron chi connectivity index (χ4n) is 8.38. The summed E-state index contributed by atoms with van der Waals surface area (Å²) < 4.78 is 10.3. The lowest BCUT2D eigenvalue weighted by molar-refractivity contribution is -0.119. The second-order valence-corrected chi connectivity index (χ2v) is 16.9. The Labute approximate surface area is 376 Å². The number of aliphatic hydroxyl groups excluding tert-OH is 1. The molecule has 1 fully saturated rings.